The van der Waals surface area contributed by atoms with Gasteiger partial charge >= 0.3 is 12.1 Å². The number of hydrogen-bond acceptors (Lipinski definition) is 5. The van der Waals surface area contributed by atoms with Crippen LogP contribution in [0.15, 0.2) is 55.1 Å². The predicted molar refractivity (Wildman–Crippen MR) is 115 cm³/mol. The first kappa shape index (κ1) is 20.3. The SMILES string of the molecule is C=CCOC(=O)N1CC[C@@H]2[C@@H](c3ccc(C(=O)OC)cc3)Nc3ccc(Cl)cc3[C@@H]21. The highest BCUT2D eigenvalue weighted by Crippen LogP contribution is 2.51. The average Bonchev–Trinajstić information content (AvgIpc) is 3.22. The van der Waals surface area contributed by atoms with Gasteiger partial charge in [-0.1, -0.05) is 36.4 Å². The topological polar surface area (TPSA) is 67.9 Å². The van der Waals surface area contributed by atoms with Gasteiger partial charge in [0, 0.05) is 23.2 Å². The van der Waals surface area contributed by atoms with Crippen molar-refractivity contribution in [1.82, 2.24) is 4.90 Å². The molecule has 0 saturated carbocycles. The van der Waals surface area contributed by atoms with Gasteiger partial charge in [0.25, 0.3) is 0 Å². The fraction of sp³-hybridized carbons (Fsp3) is 0.304. The molecule has 0 aliphatic carbocycles. The summed E-state index contributed by atoms with van der Waals surface area (Å²) in [6.45, 7) is 4.37. The summed E-state index contributed by atoms with van der Waals surface area (Å²) in [5, 5.41) is 4.23. The number of halogens is 1. The van der Waals surface area contributed by atoms with Crippen LogP contribution in [-0.2, 0) is 9.47 Å². The lowest BCUT2D eigenvalue weighted by molar-refractivity contribution is 0.0600. The second-order valence-electron chi connectivity index (χ2n) is 7.42. The minimum atomic E-state index is -0.368. The molecule has 3 atom stereocenters. The number of carbonyl (C=O) groups excluding carboxylic acids is 2. The maximum Gasteiger partial charge on any atom is 0.410 e. The zero-order chi connectivity index (χ0) is 21.3. The molecule has 30 heavy (non-hydrogen) atoms. The molecule has 0 radical (unpaired) electrons. The number of fused-ring (bicyclic) bond motifs is 3. The molecule has 2 aromatic rings. The van der Waals surface area contributed by atoms with Crippen LogP contribution in [0.4, 0.5) is 10.5 Å². The Labute approximate surface area is 180 Å². The van der Waals surface area contributed by atoms with Crippen LogP contribution in [-0.4, -0.2) is 37.2 Å². The molecule has 2 aromatic carbocycles. The molecule has 156 valence electrons. The fourth-order valence-corrected chi connectivity index (χ4v) is 4.62. The Hall–Kier alpha value is -2.99. The molecule has 0 aromatic heterocycles. The standard InChI is InChI=1S/C23H23ClN2O4/c1-3-12-30-23(28)26-11-10-17-20(14-4-6-15(7-5-14)22(27)29-2)25-19-9-8-16(24)13-18(19)21(17)26/h3-9,13,17,20-21,25H,1,10-12H2,2H3/t17-,20-,21-/m1/s1. The molecular formula is C23H23ClN2O4. The molecule has 0 unspecified atom stereocenters. The Balaban J connectivity index is 1.70. The Morgan fingerprint density at radius 2 is 2.03 bits per heavy atom. The van der Waals surface area contributed by atoms with Crippen LogP contribution in [0.1, 0.15) is 40.0 Å². The van der Waals surface area contributed by atoms with Crippen LogP contribution in [0.3, 0.4) is 0 Å². The first-order chi connectivity index (χ1) is 14.5. The second kappa shape index (κ2) is 8.40. The van der Waals surface area contributed by atoms with Gasteiger partial charge in [-0.05, 0) is 47.9 Å². The summed E-state index contributed by atoms with van der Waals surface area (Å²) in [6, 6.07) is 12.9. The molecule has 2 aliphatic heterocycles. The third-order valence-corrected chi connectivity index (χ3v) is 6.00. The number of ether oxygens (including phenoxy) is 2. The van der Waals surface area contributed by atoms with Crippen LogP contribution in [0.5, 0.6) is 0 Å². The fourth-order valence-electron chi connectivity index (χ4n) is 4.44. The summed E-state index contributed by atoms with van der Waals surface area (Å²) in [4.78, 5) is 26.2. The number of carbonyl (C=O) groups is 2. The highest BCUT2D eigenvalue weighted by Gasteiger charge is 2.47. The zero-order valence-electron chi connectivity index (χ0n) is 16.6. The summed E-state index contributed by atoms with van der Waals surface area (Å²) < 4.78 is 10.1. The number of esters is 1. The average molecular weight is 427 g/mol. The van der Waals surface area contributed by atoms with Crippen molar-refractivity contribution in [2.75, 3.05) is 25.6 Å². The van der Waals surface area contributed by atoms with Gasteiger partial charge in [0.05, 0.1) is 24.8 Å². The predicted octanol–water partition coefficient (Wildman–Crippen LogP) is 4.98. The van der Waals surface area contributed by atoms with Crippen molar-refractivity contribution in [3.8, 4) is 0 Å². The van der Waals surface area contributed by atoms with E-state index in [1.165, 1.54) is 7.11 Å². The van der Waals surface area contributed by atoms with Gasteiger partial charge in [0.15, 0.2) is 0 Å². The van der Waals surface area contributed by atoms with E-state index in [2.05, 4.69) is 11.9 Å². The van der Waals surface area contributed by atoms with E-state index in [1.54, 1.807) is 23.1 Å². The third-order valence-electron chi connectivity index (χ3n) is 5.77. The quantitative estimate of drug-likeness (QED) is 0.551. The summed E-state index contributed by atoms with van der Waals surface area (Å²) >= 11 is 6.27. The van der Waals surface area contributed by atoms with Crippen LogP contribution in [0, 0.1) is 5.92 Å². The van der Waals surface area contributed by atoms with Crippen LogP contribution < -0.4 is 5.32 Å². The van der Waals surface area contributed by atoms with Gasteiger partial charge in [-0.15, -0.1) is 0 Å². The molecule has 1 fully saturated rings. The van der Waals surface area contributed by atoms with Crippen molar-refractivity contribution in [2.45, 2.75) is 18.5 Å². The van der Waals surface area contributed by atoms with Crippen molar-refractivity contribution in [3.05, 3.63) is 76.8 Å². The van der Waals surface area contributed by atoms with Gasteiger partial charge in [-0.2, -0.15) is 0 Å². The Morgan fingerprint density at radius 1 is 1.27 bits per heavy atom. The molecule has 2 heterocycles. The van der Waals surface area contributed by atoms with Crippen LogP contribution >= 0.6 is 11.6 Å². The van der Waals surface area contributed by atoms with Crippen LogP contribution in [0.2, 0.25) is 5.02 Å². The van der Waals surface area contributed by atoms with Crippen molar-refractivity contribution >= 4 is 29.4 Å². The van der Waals surface area contributed by atoms with Gasteiger partial charge in [-0.25, -0.2) is 9.59 Å². The Bertz CT molecular complexity index is 976. The number of hydrogen-bond donors (Lipinski definition) is 1. The summed E-state index contributed by atoms with van der Waals surface area (Å²) in [5.41, 5.74) is 3.47. The normalized spacial score (nSPS) is 21.8. The number of rotatable bonds is 4. The van der Waals surface area contributed by atoms with E-state index in [-0.39, 0.29) is 36.7 Å². The van der Waals surface area contributed by atoms with Gasteiger partial charge in [0.2, 0.25) is 0 Å². The molecule has 4 rings (SSSR count). The number of nitrogens with zero attached hydrogens (tertiary/aromatic N) is 1. The molecule has 6 nitrogen and oxygen atoms in total. The van der Waals surface area contributed by atoms with E-state index in [0.717, 1.165) is 23.2 Å². The summed E-state index contributed by atoms with van der Waals surface area (Å²) in [5.74, 6) is -0.232. The highest BCUT2D eigenvalue weighted by atomic mass is 35.5. The highest BCUT2D eigenvalue weighted by molar-refractivity contribution is 6.30. The molecular weight excluding hydrogens is 404 g/mol. The molecule has 0 spiro atoms. The number of amides is 1. The zero-order valence-corrected chi connectivity index (χ0v) is 17.4. The Kier molecular flexibility index (Phi) is 5.68. The summed E-state index contributed by atoms with van der Waals surface area (Å²) in [7, 11) is 1.37. The van der Waals surface area contributed by atoms with Gasteiger partial charge in [0.1, 0.15) is 6.61 Å². The molecule has 1 N–H and O–H groups in total. The first-order valence-corrected chi connectivity index (χ1v) is 10.2. The number of likely N-dealkylation sites (tertiary alicyclic amines) is 1. The lowest BCUT2D eigenvalue weighted by Crippen LogP contribution is -2.38. The Morgan fingerprint density at radius 3 is 2.73 bits per heavy atom. The molecule has 1 saturated heterocycles. The van der Waals surface area contributed by atoms with Crippen molar-refractivity contribution < 1.29 is 19.1 Å². The maximum atomic E-state index is 12.7. The monoisotopic (exact) mass is 426 g/mol. The van der Waals surface area contributed by atoms with E-state index in [9.17, 15) is 9.59 Å². The smallest absolute Gasteiger partial charge is 0.410 e. The lowest BCUT2D eigenvalue weighted by atomic mass is 9.80. The van der Waals surface area contributed by atoms with Crippen molar-refractivity contribution in [2.24, 2.45) is 5.92 Å². The molecule has 1 amide bonds. The number of anilines is 1. The summed E-state index contributed by atoms with van der Waals surface area (Å²) in [6.07, 6.45) is 2.02. The van der Waals surface area contributed by atoms with Crippen molar-refractivity contribution in [3.63, 3.8) is 0 Å². The van der Waals surface area contributed by atoms with Crippen LogP contribution in [0.25, 0.3) is 0 Å². The molecule has 0 bridgehead atoms. The minimum absolute atomic E-state index is 0.0208. The number of nitrogens with one attached hydrogen (secondary N) is 1. The molecule has 7 heteroatoms. The van der Waals surface area contributed by atoms with Crippen molar-refractivity contribution in [1.29, 1.82) is 0 Å². The minimum Gasteiger partial charge on any atom is -0.465 e. The van der Waals surface area contributed by atoms with E-state index in [4.69, 9.17) is 21.1 Å². The van der Waals surface area contributed by atoms with E-state index in [0.29, 0.717) is 17.1 Å². The lowest BCUT2D eigenvalue weighted by Gasteiger charge is -2.39. The van der Waals surface area contributed by atoms with E-state index < -0.39 is 0 Å². The number of benzene rings is 2. The number of methoxy groups -OCH3 is 1. The first-order valence-electron chi connectivity index (χ1n) is 9.82. The second-order valence-corrected chi connectivity index (χ2v) is 7.86. The molecule has 2 aliphatic rings. The maximum absolute atomic E-state index is 12.7. The van der Waals surface area contributed by atoms with Gasteiger partial charge in [-0.3, -0.25) is 0 Å². The largest absolute Gasteiger partial charge is 0.465 e. The van der Waals surface area contributed by atoms with Gasteiger partial charge < -0.3 is 19.7 Å². The third kappa shape index (κ3) is 3.63. The van der Waals surface area contributed by atoms with E-state index >= 15 is 0 Å². The van der Waals surface area contributed by atoms with E-state index in [1.807, 2.05) is 30.3 Å².